The molecule has 0 fully saturated rings. The highest BCUT2D eigenvalue weighted by Gasteiger charge is 2.12. The quantitative estimate of drug-likeness (QED) is 0.886. The average molecular weight is 266 g/mol. The summed E-state index contributed by atoms with van der Waals surface area (Å²) in [5.41, 5.74) is 5.64. The average Bonchev–Trinajstić information content (AvgIpc) is 2.77. The van der Waals surface area contributed by atoms with Gasteiger partial charge in [-0.25, -0.2) is 13.4 Å². The van der Waals surface area contributed by atoms with Gasteiger partial charge in [-0.15, -0.1) is 0 Å². The third kappa shape index (κ3) is 2.40. The van der Waals surface area contributed by atoms with E-state index in [9.17, 15) is 13.2 Å². The lowest BCUT2D eigenvalue weighted by Crippen LogP contribution is -2.10. The smallest absolute Gasteiger partial charge is 0.270 e. The standard InChI is InChI=1S/C11H10N2O4S/c1-18(15,16)8-4-2-7(3-5-8)11-13-9(6-17-11)10(12)14/h2-6H,1H3,(H2,12,14). The minimum atomic E-state index is -3.24. The molecule has 0 radical (unpaired) electrons. The molecular formula is C11H10N2O4S. The Hall–Kier alpha value is -2.15. The molecule has 6 nitrogen and oxygen atoms in total. The van der Waals surface area contributed by atoms with E-state index in [2.05, 4.69) is 4.98 Å². The van der Waals surface area contributed by atoms with E-state index in [1.807, 2.05) is 0 Å². The molecule has 2 aromatic rings. The molecule has 0 aliphatic carbocycles. The lowest BCUT2D eigenvalue weighted by atomic mass is 10.2. The molecule has 0 spiro atoms. The first-order chi connectivity index (χ1) is 8.38. The third-order valence-electron chi connectivity index (χ3n) is 2.29. The molecule has 18 heavy (non-hydrogen) atoms. The summed E-state index contributed by atoms with van der Waals surface area (Å²) in [6, 6.07) is 5.98. The number of nitrogens with two attached hydrogens (primary N) is 1. The lowest BCUT2D eigenvalue weighted by molar-refractivity contribution is 0.0995. The van der Waals surface area contributed by atoms with E-state index in [1.165, 1.54) is 12.1 Å². The Bertz CT molecular complexity index is 686. The summed E-state index contributed by atoms with van der Waals surface area (Å²) < 4.78 is 27.6. The SMILES string of the molecule is CS(=O)(=O)c1ccc(-c2nc(C(N)=O)co2)cc1. The molecule has 1 amide bonds. The molecule has 0 aliphatic rings. The van der Waals surface area contributed by atoms with E-state index < -0.39 is 15.7 Å². The van der Waals surface area contributed by atoms with Gasteiger partial charge in [-0.3, -0.25) is 4.79 Å². The van der Waals surface area contributed by atoms with Gasteiger partial charge >= 0.3 is 0 Å². The normalized spacial score (nSPS) is 11.4. The van der Waals surface area contributed by atoms with Crippen molar-refractivity contribution in [3.63, 3.8) is 0 Å². The van der Waals surface area contributed by atoms with Crippen molar-refractivity contribution >= 4 is 15.7 Å². The van der Waals surface area contributed by atoms with Gasteiger partial charge in [0.1, 0.15) is 6.26 Å². The number of nitrogens with zero attached hydrogens (tertiary/aromatic N) is 1. The highest BCUT2D eigenvalue weighted by atomic mass is 32.2. The fourth-order valence-corrected chi connectivity index (χ4v) is 1.99. The molecule has 0 aliphatic heterocycles. The van der Waals surface area contributed by atoms with E-state index in [4.69, 9.17) is 10.2 Å². The molecular weight excluding hydrogens is 256 g/mol. The van der Waals surface area contributed by atoms with E-state index in [-0.39, 0.29) is 16.5 Å². The Morgan fingerprint density at radius 2 is 1.89 bits per heavy atom. The van der Waals surface area contributed by atoms with Crippen molar-refractivity contribution in [2.45, 2.75) is 4.90 Å². The molecule has 0 atom stereocenters. The Morgan fingerprint density at radius 3 is 2.33 bits per heavy atom. The first-order valence-corrected chi connectivity index (χ1v) is 6.83. The Kier molecular flexibility index (Phi) is 2.92. The van der Waals surface area contributed by atoms with E-state index in [0.29, 0.717) is 5.56 Å². The number of aromatic nitrogens is 1. The zero-order chi connectivity index (χ0) is 13.3. The number of carbonyl (C=O) groups excluding carboxylic acids is 1. The van der Waals surface area contributed by atoms with Crippen molar-refractivity contribution in [3.05, 3.63) is 36.2 Å². The summed E-state index contributed by atoms with van der Waals surface area (Å²) in [6.07, 6.45) is 2.28. The highest BCUT2D eigenvalue weighted by Crippen LogP contribution is 2.20. The number of hydrogen-bond donors (Lipinski definition) is 1. The molecule has 2 rings (SSSR count). The fraction of sp³-hybridized carbons (Fsp3) is 0.0909. The zero-order valence-electron chi connectivity index (χ0n) is 9.45. The van der Waals surface area contributed by atoms with Gasteiger partial charge in [0.2, 0.25) is 5.89 Å². The molecule has 7 heteroatoms. The molecule has 94 valence electrons. The number of carbonyl (C=O) groups is 1. The number of benzene rings is 1. The van der Waals surface area contributed by atoms with Crippen LogP contribution in [0.1, 0.15) is 10.5 Å². The van der Waals surface area contributed by atoms with Crippen LogP contribution >= 0.6 is 0 Å². The van der Waals surface area contributed by atoms with Gasteiger partial charge in [-0.05, 0) is 24.3 Å². The summed E-state index contributed by atoms with van der Waals surface area (Å²) in [7, 11) is -3.24. The van der Waals surface area contributed by atoms with E-state index in [0.717, 1.165) is 12.5 Å². The Balaban J connectivity index is 2.37. The number of primary amides is 1. The van der Waals surface area contributed by atoms with Crippen LogP contribution < -0.4 is 5.73 Å². The lowest BCUT2D eigenvalue weighted by Gasteiger charge is -1.99. The van der Waals surface area contributed by atoms with Crippen molar-refractivity contribution in [2.75, 3.05) is 6.26 Å². The maximum absolute atomic E-state index is 11.3. The second-order valence-electron chi connectivity index (χ2n) is 3.70. The summed E-state index contributed by atoms with van der Waals surface area (Å²) in [5, 5.41) is 0. The second-order valence-corrected chi connectivity index (χ2v) is 5.71. The van der Waals surface area contributed by atoms with Crippen LogP contribution in [0.25, 0.3) is 11.5 Å². The van der Waals surface area contributed by atoms with Gasteiger partial charge in [-0.1, -0.05) is 0 Å². The molecule has 2 N–H and O–H groups in total. The van der Waals surface area contributed by atoms with Crippen molar-refractivity contribution in [1.29, 1.82) is 0 Å². The maximum atomic E-state index is 11.3. The van der Waals surface area contributed by atoms with Gasteiger partial charge in [-0.2, -0.15) is 0 Å². The summed E-state index contributed by atoms with van der Waals surface area (Å²) in [6.45, 7) is 0. The molecule has 0 saturated carbocycles. The first-order valence-electron chi connectivity index (χ1n) is 4.94. The predicted octanol–water partition coefficient (Wildman–Crippen LogP) is 0.844. The van der Waals surface area contributed by atoms with Gasteiger partial charge in [0.05, 0.1) is 4.90 Å². The van der Waals surface area contributed by atoms with Crippen LogP contribution in [0.15, 0.2) is 39.8 Å². The van der Waals surface area contributed by atoms with Crippen LogP contribution in [0.3, 0.4) is 0 Å². The number of sulfone groups is 1. The number of hydrogen-bond acceptors (Lipinski definition) is 5. The Morgan fingerprint density at radius 1 is 1.28 bits per heavy atom. The summed E-state index contributed by atoms with van der Waals surface area (Å²) in [4.78, 5) is 14.9. The predicted molar refractivity (Wildman–Crippen MR) is 63.6 cm³/mol. The van der Waals surface area contributed by atoms with Crippen LogP contribution in [0.2, 0.25) is 0 Å². The van der Waals surface area contributed by atoms with Crippen LogP contribution in [-0.2, 0) is 9.84 Å². The van der Waals surface area contributed by atoms with Crippen LogP contribution in [0.5, 0.6) is 0 Å². The van der Waals surface area contributed by atoms with Gasteiger partial charge in [0.25, 0.3) is 5.91 Å². The maximum Gasteiger partial charge on any atom is 0.270 e. The first kappa shape index (κ1) is 12.3. The molecule has 1 aromatic carbocycles. The van der Waals surface area contributed by atoms with Gasteiger partial charge in [0, 0.05) is 11.8 Å². The summed E-state index contributed by atoms with van der Waals surface area (Å²) >= 11 is 0. The zero-order valence-corrected chi connectivity index (χ0v) is 10.3. The van der Waals surface area contributed by atoms with E-state index in [1.54, 1.807) is 12.1 Å². The minimum Gasteiger partial charge on any atom is -0.444 e. The van der Waals surface area contributed by atoms with Crippen LogP contribution in [-0.4, -0.2) is 25.6 Å². The Labute approximate surface area is 103 Å². The van der Waals surface area contributed by atoms with Gasteiger partial charge in [0.15, 0.2) is 15.5 Å². The third-order valence-corrected chi connectivity index (χ3v) is 3.41. The van der Waals surface area contributed by atoms with Crippen molar-refractivity contribution in [1.82, 2.24) is 4.98 Å². The number of amides is 1. The fourth-order valence-electron chi connectivity index (χ4n) is 1.36. The van der Waals surface area contributed by atoms with Crippen molar-refractivity contribution in [2.24, 2.45) is 5.73 Å². The highest BCUT2D eigenvalue weighted by molar-refractivity contribution is 7.90. The van der Waals surface area contributed by atoms with E-state index >= 15 is 0 Å². The monoisotopic (exact) mass is 266 g/mol. The van der Waals surface area contributed by atoms with Crippen LogP contribution in [0.4, 0.5) is 0 Å². The molecule has 1 heterocycles. The number of oxazole rings is 1. The number of rotatable bonds is 3. The van der Waals surface area contributed by atoms with Gasteiger partial charge < -0.3 is 10.2 Å². The molecule has 0 saturated heterocycles. The second kappa shape index (κ2) is 4.26. The van der Waals surface area contributed by atoms with Crippen LogP contribution in [0, 0.1) is 0 Å². The summed E-state index contributed by atoms with van der Waals surface area (Å²) in [5.74, 6) is -0.471. The molecule has 0 unspecified atom stereocenters. The van der Waals surface area contributed by atoms with Crippen molar-refractivity contribution in [3.8, 4) is 11.5 Å². The molecule has 0 bridgehead atoms. The van der Waals surface area contributed by atoms with Crippen molar-refractivity contribution < 1.29 is 17.6 Å². The largest absolute Gasteiger partial charge is 0.444 e. The minimum absolute atomic E-state index is 0.0252. The molecule has 1 aromatic heterocycles. The topological polar surface area (TPSA) is 103 Å².